The summed E-state index contributed by atoms with van der Waals surface area (Å²) in [5.41, 5.74) is -1.76. The quantitative estimate of drug-likeness (QED) is 0.238. The minimum absolute atomic E-state index is 0. The van der Waals surface area contributed by atoms with Crippen molar-refractivity contribution in [3.8, 4) is 5.75 Å². The van der Waals surface area contributed by atoms with E-state index in [1.807, 2.05) is 22.9 Å². The molecular weight excluding hydrogens is 553 g/mol. The normalized spacial score (nSPS) is 23.5. The Labute approximate surface area is 223 Å². The highest BCUT2D eigenvalue weighted by Crippen LogP contribution is 2.40. The van der Waals surface area contributed by atoms with E-state index in [2.05, 4.69) is 0 Å². The standard InChI is InChI=1S/C26H29FNO4S2.BrH/c27-20-6-8-21(9-7-20)31-15-3-12-28-13-10-19(11-14-28)22(18-28)32-25(29)26(30,23-4-1-16-33-23)24-5-2-17-34-24;/h1-2,4-9,16-17,19,22,30H,3,10-15,18H2;1H/q+1;/p-1/t19?,22-,28?;/m0./s1. The zero-order valence-electron chi connectivity index (χ0n) is 19.3. The third-order valence-corrected chi connectivity index (χ3v) is 9.17. The van der Waals surface area contributed by atoms with Gasteiger partial charge in [0.05, 0.1) is 36.0 Å². The van der Waals surface area contributed by atoms with E-state index in [0.29, 0.717) is 28.0 Å². The number of quaternary nitrogens is 1. The van der Waals surface area contributed by atoms with E-state index in [0.717, 1.165) is 49.9 Å². The summed E-state index contributed by atoms with van der Waals surface area (Å²) >= 11 is 2.73. The first-order valence-corrected chi connectivity index (χ1v) is 13.5. The van der Waals surface area contributed by atoms with Crippen molar-refractivity contribution in [2.75, 3.05) is 32.8 Å². The van der Waals surface area contributed by atoms with Crippen molar-refractivity contribution in [3.63, 3.8) is 0 Å². The third kappa shape index (κ3) is 5.49. The second-order valence-electron chi connectivity index (χ2n) is 9.30. The highest BCUT2D eigenvalue weighted by Gasteiger charge is 2.51. The molecule has 0 spiro atoms. The van der Waals surface area contributed by atoms with Gasteiger partial charge in [-0.25, -0.2) is 9.18 Å². The lowest BCUT2D eigenvalue weighted by atomic mass is 9.83. The molecule has 0 radical (unpaired) electrons. The van der Waals surface area contributed by atoms with Crippen molar-refractivity contribution < 1.29 is 45.2 Å². The maximum Gasteiger partial charge on any atom is 0.349 e. The molecule has 6 rings (SSSR count). The fourth-order valence-corrected chi connectivity index (χ4v) is 7.02. The van der Waals surface area contributed by atoms with Gasteiger partial charge in [-0.2, -0.15) is 0 Å². The third-order valence-electron chi connectivity index (χ3n) is 7.21. The number of fused-ring (bicyclic) bond motifs is 3. The lowest BCUT2D eigenvalue weighted by Gasteiger charge is -2.52. The fraction of sp³-hybridized carbons (Fsp3) is 0.423. The van der Waals surface area contributed by atoms with Gasteiger partial charge in [0.25, 0.3) is 0 Å². The number of hydrogen-bond donors (Lipinski definition) is 1. The number of carbonyl (C=O) groups is 1. The highest BCUT2D eigenvalue weighted by molar-refractivity contribution is 7.12. The zero-order chi connectivity index (χ0) is 23.6. The van der Waals surface area contributed by atoms with Gasteiger partial charge < -0.3 is 36.0 Å². The van der Waals surface area contributed by atoms with Crippen LogP contribution in [-0.2, 0) is 15.1 Å². The molecule has 2 bridgehead atoms. The summed E-state index contributed by atoms with van der Waals surface area (Å²) in [4.78, 5) is 14.6. The van der Waals surface area contributed by atoms with Gasteiger partial charge in [0.1, 0.15) is 18.1 Å². The molecule has 2 aromatic heterocycles. The van der Waals surface area contributed by atoms with Gasteiger partial charge in [-0.1, -0.05) is 12.1 Å². The average molecular weight is 583 g/mol. The maximum absolute atomic E-state index is 13.4. The molecule has 3 aliphatic rings. The molecule has 3 aromatic rings. The van der Waals surface area contributed by atoms with E-state index in [-0.39, 0.29) is 28.9 Å². The van der Waals surface area contributed by atoms with Gasteiger partial charge in [-0.15, -0.1) is 22.7 Å². The van der Waals surface area contributed by atoms with Crippen molar-refractivity contribution in [2.24, 2.45) is 5.92 Å². The van der Waals surface area contributed by atoms with E-state index in [9.17, 15) is 14.3 Å². The Hall–Kier alpha value is -1.78. The summed E-state index contributed by atoms with van der Waals surface area (Å²) in [6.07, 6.45) is 2.72. The molecule has 0 amide bonds. The molecule has 0 saturated carbocycles. The number of benzene rings is 1. The number of aliphatic hydroxyl groups is 1. The number of carbonyl (C=O) groups excluding carboxylic acids is 1. The number of halogens is 2. The van der Waals surface area contributed by atoms with Gasteiger partial charge in [-0.3, -0.25) is 0 Å². The monoisotopic (exact) mass is 581 g/mol. The smallest absolute Gasteiger partial charge is 0.349 e. The minimum Gasteiger partial charge on any atom is -1.00 e. The van der Waals surface area contributed by atoms with Crippen LogP contribution in [0.15, 0.2) is 59.3 Å². The summed E-state index contributed by atoms with van der Waals surface area (Å²) in [6.45, 7) is 4.45. The largest absolute Gasteiger partial charge is 1.00 e. The zero-order valence-corrected chi connectivity index (χ0v) is 22.5. The number of thiophene rings is 2. The summed E-state index contributed by atoms with van der Waals surface area (Å²) in [7, 11) is 0. The van der Waals surface area contributed by atoms with Gasteiger partial charge in [0.15, 0.2) is 6.10 Å². The van der Waals surface area contributed by atoms with Gasteiger partial charge in [0, 0.05) is 25.2 Å². The molecule has 9 heteroatoms. The van der Waals surface area contributed by atoms with Crippen LogP contribution >= 0.6 is 22.7 Å². The van der Waals surface area contributed by atoms with E-state index >= 15 is 0 Å². The summed E-state index contributed by atoms with van der Waals surface area (Å²) < 4.78 is 25.9. The molecule has 5 nitrogen and oxygen atoms in total. The Morgan fingerprint density at radius 1 is 1.06 bits per heavy atom. The van der Waals surface area contributed by atoms with E-state index in [4.69, 9.17) is 9.47 Å². The van der Waals surface area contributed by atoms with Crippen molar-refractivity contribution in [1.82, 2.24) is 0 Å². The Kier molecular flexibility index (Phi) is 8.33. The van der Waals surface area contributed by atoms with Crippen molar-refractivity contribution in [3.05, 3.63) is 74.9 Å². The molecule has 0 aliphatic carbocycles. The molecule has 3 saturated heterocycles. The van der Waals surface area contributed by atoms with E-state index in [1.165, 1.54) is 34.8 Å². The Bertz CT molecular complexity index is 1050. The van der Waals surface area contributed by atoms with Crippen LogP contribution in [0.4, 0.5) is 4.39 Å². The molecule has 1 atom stereocenters. The number of hydrogen-bond acceptors (Lipinski definition) is 6. The summed E-state index contributed by atoms with van der Waals surface area (Å²) in [5.74, 6) is 0.170. The molecule has 0 unspecified atom stereocenters. The predicted octanol–water partition coefficient (Wildman–Crippen LogP) is 1.81. The van der Waals surface area contributed by atoms with Crippen LogP contribution in [0.5, 0.6) is 5.75 Å². The molecule has 1 N–H and O–H groups in total. The van der Waals surface area contributed by atoms with E-state index in [1.54, 1.807) is 24.3 Å². The van der Waals surface area contributed by atoms with E-state index < -0.39 is 11.6 Å². The molecule has 188 valence electrons. The number of piperidine rings is 3. The average Bonchev–Trinajstić information content (AvgIpc) is 3.58. The number of esters is 1. The van der Waals surface area contributed by atoms with Gasteiger partial charge in [-0.05, 0) is 47.2 Å². The topological polar surface area (TPSA) is 55.8 Å². The Morgan fingerprint density at radius 2 is 1.69 bits per heavy atom. The first-order chi connectivity index (χ1) is 16.5. The lowest BCUT2D eigenvalue weighted by molar-refractivity contribution is -0.946. The molecular formula is C26H29BrFNO4S2. The van der Waals surface area contributed by atoms with Crippen molar-refractivity contribution in [1.29, 1.82) is 0 Å². The van der Waals surface area contributed by atoms with Crippen LogP contribution in [0.25, 0.3) is 0 Å². The molecule has 5 heterocycles. The van der Waals surface area contributed by atoms with Gasteiger partial charge in [0.2, 0.25) is 5.60 Å². The van der Waals surface area contributed by atoms with Gasteiger partial charge >= 0.3 is 5.97 Å². The Morgan fingerprint density at radius 3 is 2.26 bits per heavy atom. The first kappa shape index (κ1) is 26.3. The number of rotatable bonds is 9. The second kappa shape index (κ2) is 11.1. The van der Waals surface area contributed by atoms with Crippen LogP contribution in [0.1, 0.15) is 29.0 Å². The SMILES string of the molecule is O=C(O[C@H]1C[N+]2(CCCOc3ccc(F)cc3)CCC1CC2)C(O)(c1cccs1)c1cccs1.[Br-]. The number of nitrogens with zero attached hydrogens (tertiary/aromatic N) is 1. The van der Waals surface area contributed by atoms with Crippen LogP contribution in [0, 0.1) is 11.7 Å². The predicted molar refractivity (Wildman–Crippen MR) is 130 cm³/mol. The van der Waals surface area contributed by atoms with Crippen LogP contribution in [0.3, 0.4) is 0 Å². The van der Waals surface area contributed by atoms with Crippen LogP contribution in [-0.4, -0.2) is 54.4 Å². The highest BCUT2D eigenvalue weighted by atomic mass is 79.9. The van der Waals surface area contributed by atoms with Crippen LogP contribution in [0.2, 0.25) is 0 Å². The lowest BCUT2D eigenvalue weighted by Crippen LogP contribution is -3.00. The minimum atomic E-state index is -1.76. The molecule has 1 aromatic carbocycles. The molecule has 3 aliphatic heterocycles. The molecule has 35 heavy (non-hydrogen) atoms. The second-order valence-corrected chi connectivity index (χ2v) is 11.2. The van der Waals surface area contributed by atoms with Crippen molar-refractivity contribution >= 4 is 28.6 Å². The van der Waals surface area contributed by atoms with Crippen molar-refractivity contribution in [2.45, 2.75) is 31.0 Å². The Balaban J connectivity index is 0.00000289. The first-order valence-electron chi connectivity index (χ1n) is 11.7. The summed E-state index contributed by atoms with van der Waals surface area (Å²) in [5, 5.41) is 15.3. The summed E-state index contributed by atoms with van der Waals surface area (Å²) in [6, 6.07) is 13.4. The fourth-order valence-electron chi connectivity index (χ4n) is 5.30. The maximum atomic E-state index is 13.4. The number of ether oxygens (including phenoxy) is 2. The molecule has 3 fully saturated rings. The van der Waals surface area contributed by atoms with Crippen LogP contribution < -0.4 is 21.7 Å².